The van der Waals surface area contributed by atoms with E-state index in [1.54, 1.807) is 11.1 Å². The second-order valence-electron chi connectivity index (χ2n) is 7.07. The molecule has 3 heterocycles. The molecular formula is C21H23N5O2S. The molecule has 3 amide bonds. The van der Waals surface area contributed by atoms with Crippen LogP contribution in [0, 0.1) is 0 Å². The Hall–Kier alpha value is -2.87. The summed E-state index contributed by atoms with van der Waals surface area (Å²) in [7, 11) is 0. The van der Waals surface area contributed by atoms with Gasteiger partial charge in [-0.15, -0.1) is 0 Å². The molecule has 1 N–H and O–H groups in total. The molecule has 0 aliphatic carbocycles. The number of amides is 3. The number of carbonyl (C=O) groups excluding carboxylic acids is 2. The Labute approximate surface area is 174 Å². The van der Waals surface area contributed by atoms with E-state index >= 15 is 0 Å². The van der Waals surface area contributed by atoms with Gasteiger partial charge in [-0.3, -0.25) is 19.7 Å². The lowest BCUT2D eigenvalue weighted by atomic mass is 10.2. The summed E-state index contributed by atoms with van der Waals surface area (Å²) in [5, 5.41) is 3.22. The second kappa shape index (κ2) is 8.65. The maximum absolute atomic E-state index is 12.8. The Kier molecular flexibility index (Phi) is 5.80. The lowest BCUT2D eigenvalue weighted by Crippen LogP contribution is -2.37. The van der Waals surface area contributed by atoms with Crippen molar-refractivity contribution in [3.05, 3.63) is 66.0 Å². The molecule has 2 aliphatic rings. The third-order valence-corrected chi connectivity index (χ3v) is 6.35. The number of aliphatic imine (C=N–C) groups is 1. The van der Waals surface area contributed by atoms with Gasteiger partial charge in [0.15, 0.2) is 5.17 Å². The van der Waals surface area contributed by atoms with Crippen LogP contribution in [0.2, 0.25) is 0 Å². The standard InChI is InChI=1S/C21H23N5O2S/c1-15-18(19(27)23-13-17-9-5-6-10-22-17)29-20(24-15)26-12-11-25(21(26)28)14-16-7-3-2-4-8-16/h2-10,15,18H,11-14H2,1H3,(H,23,27). The van der Waals surface area contributed by atoms with E-state index in [2.05, 4.69) is 15.3 Å². The number of rotatable bonds is 5. The molecule has 1 aromatic heterocycles. The van der Waals surface area contributed by atoms with Crippen LogP contribution in [0.3, 0.4) is 0 Å². The summed E-state index contributed by atoms with van der Waals surface area (Å²) in [4.78, 5) is 37.8. The van der Waals surface area contributed by atoms with E-state index in [-0.39, 0.29) is 23.2 Å². The molecule has 7 nitrogen and oxygen atoms in total. The average molecular weight is 410 g/mol. The highest BCUT2D eigenvalue weighted by Crippen LogP contribution is 2.31. The number of nitrogens with zero attached hydrogens (tertiary/aromatic N) is 4. The van der Waals surface area contributed by atoms with Crippen molar-refractivity contribution in [3.63, 3.8) is 0 Å². The number of nitrogens with one attached hydrogen (secondary N) is 1. The van der Waals surface area contributed by atoms with Gasteiger partial charge in [-0.25, -0.2) is 4.79 Å². The molecule has 2 unspecified atom stereocenters. The van der Waals surface area contributed by atoms with Crippen molar-refractivity contribution in [2.24, 2.45) is 4.99 Å². The van der Waals surface area contributed by atoms with Crippen LogP contribution in [0.4, 0.5) is 4.79 Å². The average Bonchev–Trinajstić information content (AvgIpc) is 3.30. The minimum absolute atomic E-state index is 0.0538. The van der Waals surface area contributed by atoms with Crippen molar-refractivity contribution >= 4 is 28.9 Å². The zero-order valence-electron chi connectivity index (χ0n) is 16.2. The van der Waals surface area contributed by atoms with Crippen LogP contribution in [-0.2, 0) is 17.9 Å². The van der Waals surface area contributed by atoms with E-state index < -0.39 is 0 Å². The fraction of sp³-hybridized carbons (Fsp3) is 0.333. The largest absolute Gasteiger partial charge is 0.349 e. The number of benzene rings is 1. The van der Waals surface area contributed by atoms with Crippen molar-refractivity contribution in [1.29, 1.82) is 0 Å². The maximum atomic E-state index is 12.8. The third kappa shape index (κ3) is 4.42. The van der Waals surface area contributed by atoms with E-state index in [0.717, 1.165) is 11.3 Å². The SMILES string of the molecule is CC1N=C(N2CCN(Cc3ccccc3)C2=O)SC1C(=O)NCc1ccccn1. The predicted molar refractivity (Wildman–Crippen MR) is 113 cm³/mol. The Balaban J connectivity index is 1.33. The maximum Gasteiger partial charge on any atom is 0.326 e. The van der Waals surface area contributed by atoms with E-state index in [1.165, 1.54) is 11.8 Å². The summed E-state index contributed by atoms with van der Waals surface area (Å²) < 4.78 is 0. The molecule has 0 saturated carbocycles. The van der Waals surface area contributed by atoms with Crippen LogP contribution in [0.25, 0.3) is 0 Å². The minimum atomic E-state index is -0.343. The molecule has 2 atom stereocenters. The fourth-order valence-electron chi connectivity index (χ4n) is 3.38. The van der Waals surface area contributed by atoms with E-state index in [4.69, 9.17) is 0 Å². The van der Waals surface area contributed by atoms with Gasteiger partial charge < -0.3 is 10.2 Å². The topological polar surface area (TPSA) is 77.9 Å². The molecule has 8 heteroatoms. The monoisotopic (exact) mass is 409 g/mol. The normalized spacial score (nSPS) is 21.4. The van der Waals surface area contributed by atoms with Crippen LogP contribution >= 0.6 is 11.8 Å². The highest BCUT2D eigenvalue weighted by molar-refractivity contribution is 8.15. The first-order valence-electron chi connectivity index (χ1n) is 9.64. The van der Waals surface area contributed by atoms with Gasteiger partial charge in [0.25, 0.3) is 0 Å². The highest BCUT2D eigenvalue weighted by atomic mass is 32.2. The summed E-state index contributed by atoms with van der Waals surface area (Å²) in [5.74, 6) is -0.0836. The van der Waals surface area contributed by atoms with Gasteiger partial charge in [-0.1, -0.05) is 48.2 Å². The molecule has 0 radical (unpaired) electrons. The highest BCUT2D eigenvalue weighted by Gasteiger charge is 2.40. The van der Waals surface area contributed by atoms with Gasteiger partial charge >= 0.3 is 6.03 Å². The van der Waals surface area contributed by atoms with Crippen molar-refractivity contribution in [3.8, 4) is 0 Å². The van der Waals surface area contributed by atoms with E-state index in [0.29, 0.717) is 31.3 Å². The van der Waals surface area contributed by atoms with Crippen LogP contribution in [0.1, 0.15) is 18.2 Å². The zero-order valence-corrected chi connectivity index (χ0v) is 17.0. The smallest absolute Gasteiger partial charge is 0.326 e. The zero-order chi connectivity index (χ0) is 20.2. The van der Waals surface area contributed by atoms with Gasteiger partial charge in [-0.05, 0) is 24.6 Å². The summed E-state index contributed by atoms with van der Waals surface area (Å²) >= 11 is 1.37. The molecule has 1 aromatic carbocycles. The number of thioether (sulfide) groups is 1. The number of pyridine rings is 1. The lowest BCUT2D eigenvalue weighted by molar-refractivity contribution is -0.120. The summed E-state index contributed by atoms with van der Waals surface area (Å²) in [6.07, 6.45) is 1.70. The van der Waals surface area contributed by atoms with Crippen molar-refractivity contribution in [2.45, 2.75) is 31.3 Å². The second-order valence-corrected chi connectivity index (χ2v) is 8.18. The summed E-state index contributed by atoms with van der Waals surface area (Å²) in [5.41, 5.74) is 1.91. The third-order valence-electron chi connectivity index (χ3n) is 4.96. The quantitative estimate of drug-likeness (QED) is 0.823. The first-order chi connectivity index (χ1) is 14.1. The predicted octanol–water partition coefficient (Wildman–Crippen LogP) is 2.50. The van der Waals surface area contributed by atoms with E-state index in [1.807, 2.05) is 60.4 Å². The number of hydrogen-bond donors (Lipinski definition) is 1. The number of amidine groups is 1. The minimum Gasteiger partial charge on any atom is -0.349 e. The van der Waals surface area contributed by atoms with Gasteiger partial charge in [-0.2, -0.15) is 0 Å². The fourth-order valence-corrected chi connectivity index (χ4v) is 4.58. The Morgan fingerprint density at radius 2 is 1.97 bits per heavy atom. The molecular weight excluding hydrogens is 386 g/mol. The number of carbonyl (C=O) groups is 2. The first-order valence-corrected chi connectivity index (χ1v) is 10.5. The molecule has 29 heavy (non-hydrogen) atoms. The number of urea groups is 1. The molecule has 2 aromatic rings. The molecule has 4 rings (SSSR count). The van der Waals surface area contributed by atoms with Crippen LogP contribution in [0.15, 0.2) is 59.7 Å². The van der Waals surface area contributed by atoms with Gasteiger partial charge in [0, 0.05) is 25.8 Å². The molecule has 2 aliphatic heterocycles. The first kappa shape index (κ1) is 19.4. The Morgan fingerprint density at radius 1 is 1.17 bits per heavy atom. The molecule has 1 saturated heterocycles. The summed E-state index contributed by atoms with van der Waals surface area (Å²) in [6, 6.07) is 15.3. The van der Waals surface area contributed by atoms with Crippen molar-refractivity contribution in [1.82, 2.24) is 20.1 Å². The Bertz CT molecular complexity index is 906. The van der Waals surface area contributed by atoms with Crippen molar-refractivity contribution in [2.75, 3.05) is 13.1 Å². The molecule has 1 fully saturated rings. The van der Waals surface area contributed by atoms with Crippen LogP contribution in [0.5, 0.6) is 0 Å². The van der Waals surface area contributed by atoms with Gasteiger partial charge in [0.2, 0.25) is 5.91 Å². The van der Waals surface area contributed by atoms with Gasteiger partial charge in [0.05, 0.1) is 18.3 Å². The van der Waals surface area contributed by atoms with Crippen LogP contribution < -0.4 is 5.32 Å². The molecule has 0 spiro atoms. The molecule has 150 valence electrons. The Morgan fingerprint density at radius 3 is 2.72 bits per heavy atom. The van der Waals surface area contributed by atoms with Crippen LogP contribution in [-0.4, -0.2) is 56.3 Å². The van der Waals surface area contributed by atoms with E-state index in [9.17, 15) is 9.59 Å². The lowest BCUT2D eigenvalue weighted by Gasteiger charge is -2.18. The molecule has 0 bridgehead atoms. The van der Waals surface area contributed by atoms with Crippen molar-refractivity contribution < 1.29 is 9.59 Å². The number of aromatic nitrogens is 1. The number of hydrogen-bond acceptors (Lipinski definition) is 5. The summed E-state index contributed by atoms with van der Waals surface area (Å²) in [6.45, 7) is 4.11. The van der Waals surface area contributed by atoms with Gasteiger partial charge in [0.1, 0.15) is 5.25 Å².